The molecule has 0 amide bonds. The van der Waals surface area contributed by atoms with E-state index in [2.05, 4.69) is 4.98 Å². The van der Waals surface area contributed by atoms with Gasteiger partial charge in [0.1, 0.15) is 11.7 Å². The van der Waals surface area contributed by atoms with Gasteiger partial charge >= 0.3 is 0 Å². The fourth-order valence-corrected chi connectivity index (χ4v) is 1.16. The van der Waals surface area contributed by atoms with E-state index in [0.717, 1.165) is 5.01 Å². The van der Waals surface area contributed by atoms with Gasteiger partial charge in [-0.1, -0.05) is 0 Å². The Morgan fingerprint density at radius 2 is 2.56 bits per heavy atom. The minimum Gasteiger partial charge on any atom is -0.325 e. The van der Waals surface area contributed by atoms with Gasteiger partial charge in [-0.2, -0.15) is 0 Å². The van der Waals surface area contributed by atoms with Crippen LogP contribution in [0, 0.1) is 0 Å². The second-order valence-corrected chi connectivity index (χ2v) is 2.76. The lowest BCUT2D eigenvalue weighted by Crippen LogP contribution is -1.93. The molecule has 0 unspecified atom stereocenters. The third kappa shape index (κ3) is 1.46. The molecule has 0 fully saturated rings. The van der Waals surface area contributed by atoms with Crippen LogP contribution >= 0.6 is 11.3 Å². The molecule has 0 saturated carbocycles. The number of hydrogen-bond donors (Lipinski definition) is 1. The van der Waals surface area contributed by atoms with Crippen LogP contribution in [0.15, 0.2) is 6.20 Å². The SMILES string of the molecule is NCc1ncc(CF)s1. The zero-order chi connectivity index (χ0) is 6.69. The fraction of sp³-hybridized carbons (Fsp3) is 0.400. The molecule has 0 saturated heterocycles. The maximum Gasteiger partial charge on any atom is 0.125 e. The number of thiazole rings is 1. The number of nitrogens with zero attached hydrogens (tertiary/aromatic N) is 1. The molecule has 0 bridgehead atoms. The molecule has 1 aromatic heterocycles. The van der Waals surface area contributed by atoms with Gasteiger partial charge < -0.3 is 5.73 Å². The van der Waals surface area contributed by atoms with E-state index in [4.69, 9.17) is 5.73 Å². The average molecular weight is 146 g/mol. The summed E-state index contributed by atoms with van der Waals surface area (Å²) in [6.07, 6.45) is 1.52. The van der Waals surface area contributed by atoms with E-state index in [1.54, 1.807) is 0 Å². The maximum atomic E-state index is 11.8. The molecule has 1 heterocycles. The van der Waals surface area contributed by atoms with Crippen molar-refractivity contribution in [3.8, 4) is 0 Å². The van der Waals surface area contributed by atoms with E-state index in [9.17, 15) is 4.39 Å². The molecule has 2 N–H and O–H groups in total. The molecule has 0 aliphatic rings. The smallest absolute Gasteiger partial charge is 0.125 e. The minimum atomic E-state index is -0.433. The molecular formula is C5H7FN2S. The largest absolute Gasteiger partial charge is 0.325 e. The normalized spacial score (nSPS) is 10.0. The lowest BCUT2D eigenvalue weighted by atomic mass is 10.6. The molecule has 0 spiro atoms. The molecule has 0 aliphatic carbocycles. The van der Waals surface area contributed by atoms with Crippen molar-refractivity contribution in [2.45, 2.75) is 13.2 Å². The minimum absolute atomic E-state index is 0.407. The van der Waals surface area contributed by atoms with Gasteiger partial charge in [-0.25, -0.2) is 9.37 Å². The Morgan fingerprint density at radius 1 is 1.78 bits per heavy atom. The maximum absolute atomic E-state index is 11.8. The van der Waals surface area contributed by atoms with Crippen LogP contribution in [-0.4, -0.2) is 4.98 Å². The van der Waals surface area contributed by atoms with E-state index in [0.29, 0.717) is 11.4 Å². The summed E-state index contributed by atoms with van der Waals surface area (Å²) in [6.45, 7) is -0.0255. The van der Waals surface area contributed by atoms with Gasteiger partial charge in [0, 0.05) is 12.7 Å². The first kappa shape index (κ1) is 6.64. The lowest BCUT2D eigenvalue weighted by Gasteiger charge is -1.80. The molecule has 1 rings (SSSR count). The fourth-order valence-electron chi connectivity index (χ4n) is 0.504. The predicted molar refractivity (Wildman–Crippen MR) is 34.8 cm³/mol. The van der Waals surface area contributed by atoms with Gasteiger partial charge in [-0.15, -0.1) is 11.3 Å². The van der Waals surface area contributed by atoms with E-state index in [-0.39, 0.29) is 0 Å². The van der Waals surface area contributed by atoms with Crippen molar-refractivity contribution >= 4 is 11.3 Å². The molecular weight excluding hydrogens is 139 g/mol. The van der Waals surface area contributed by atoms with Crippen molar-refractivity contribution in [1.29, 1.82) is 0 Å². The number of halogens is 1. The van der Waals surface area contributed by atoms with E-state index in [1.165, 1.54) is 17.5 Å². The summed E-state index contributed by atoms with van der Waals surface area (Å²) in [5.74, 6) is 0. The Labute approximate surface area is 56.5 Å². The molecule has 0 atom stereocenters. The standard InChI is InChI=1S/C5H7FN2S/c6-1-4-3-8-5(2-7)9-4/h3H,1-2,7H2. The van der Waals surface area contributed by atoms with Gasteiger partial charge in [0.2, 0.25) is 0 Å². The topological polar surface area (TPSA) is 38.9 Å². The van der Waals surface area contributed by atoms with Crippen LogP contribution in [-0.2, 0) is 13.2 Å². The van der Waals surface area contributed by atoms with Crippen molar-refractivity contribution < 1.29 is 4.39 Å². The lowest BCUT2D eigenvalue weighted by molar-refractivity contribution is 0.491. The van der Waals surface area contributed by atoms with Crippen LogP contribution in [0.5, 0.6) is 0 Å². The highest BCUT2D eigenvalue weighted by atomic mass is 32.1. The zero-order valence-electron chi connectivity index (χ0n) is 4.80. The predicted octanol–water partition coefficient (Wildman–Crippen LogP) is 1.07. The van der Waals surface area contributed by atoms with E-state index < -0.39 is 6.67 Å². The molecule has 0 aliphatic heterocycles. The summed E-state index contributed by atoms with van der Waals surface area (Å²) in [4.78, 5) is 4.51. The van der Waals surface area contributed by atoms with Crippen LogP contribution < -0.4 is 5.73 Å². The molecule has 4 heteroatoms. The Morgan fingerprint density at radius 3 is 2.89 bits per heavy atom. The summed E-state index contributed by atoms with van der Waals surface area (Å²) in [5.41, 5.74) is 5.24. The van der Waals surface area contributed by atoms with Crippen molar-refractivity contribution in [1.82, 2.24) is 4.98 Å². The molecule has 9 heavy (non-hydrogen) atoms. The summed E-state index contributed by atoms with van der Waals surface area (Å²) in [6, 6.07) is 0. The first-order valence-electron chi connectivity index (χ1n) is 2.56. The molecule has 2 nitrogen and oxygen atoms in total. The van der Waals surface area contributed by atoms with Gasteiger partial charge in [0.15, 0.2) is 0 Å². The van der Waals surface area contributed by atoms with Crippen LogP contribution in [0.3, 0.4) is 0 Å². The summed E-state index contributed by atoms with van der Waals surface area (Å²) >= 11 is 1.32. The van der Waals surface area contributed by atoms with Crippen molar-refractivity contribution in [2.24, 2.45) is 5.73 Å². The average Bonchev–Trinajstić information content (AvgIpc) is 2.34. The Balaban J connectivity index is 2.74. The third-order valence-electron chi connectivity index (χ3n) is 0.908. The summed E-state index contributed by atoms with van der Waals surface area (Å²) in [5, 5.41) is 0.794. The van der Waals surface area contributed by atoms with Crippen LogP contribution in [0.1, 0.15) is 9.88 Å². The molecule has 0 aromatic carbocycles. The second-order valence-electron chi connectivity index (χ2n) is 1.56. The summed E-state index contributed by atoms with van der Waals surface area (Å²) < 4.78 is 11.8. The Kier molecular flexibility index (Phi) is 2.13. The second kappa shape index (κ2) is 2.89. The van der Waals surface area contributed by atoms with E-state index in [1.807, 2.05) is 0 Å². The molecule has 50 valence electrons. The number of alkyl halides is 1. The van der Waals surface area contributed by atoms with Gasteiger partial charge in [0.25, 0.3) is 0 Å². The monoisotopic (exact) mass is 146 g/mol. The zero-order valence-corrected chi connectivity index (χ0v) is 5.62. The number of rotatable bonds is 2. The highest BCUT2D eigenvalue weighted by Gasteiger charge is 1.97. The highest BCUT2D eigenvalue weighted by molar-refractivity contribution is 7.11. The highest BCUT2D eigenvalue weighted by Crippen LogP contribution is 2.12. The van der Waals surface area contributed by atoms with E-state index >= 15 is 0 Å². The first-order valence-corrected chi connectivity index (χ1v) is 3.38. The van der Waals surface area contributed by atoms with Crippen molar-refractivity contribution in [2.75, 3.05) is 0 Å². The van der Waals surface area contributed by atoms with Crippen LogP contribution in [0.2, 0.25) is 0 Å². The van der Waals surface area contributed by atoms with Crippen molar-refractivity contribution in [3.05, 3.63) is 16.1 Å². The third-order valence-corrected chi connectivity index (χ3v) is 1.89. The Hall–Kier alpha value is -0.480. The molecule has 1 aromatic rings. The first-order chi connectivity index (χ1) is 4.36. The molecule has 0 radical (unpaired) electrons. The number of nitrogens with two attached hydrogens (primary N) is 1. The van der Waals surface area contributed by atoms with Crippen molar-refractivity contribution in [3.63, 3.8) is 0 Å². The number of hydrogen-bond acceptors (Lipinski definition) is 3. The number of aromatic nitrogens is 1. The van der Waals surface area contributed by atoms with Gasteiger partial charge in [-0.05, 0) is 0 Å². The summed E-state index contributed by atoms with van der Waals surface area (Å²) in [7, 11) is 0. The quantitative estimate of drug-likeness (QED) is 0.677. The van der Waals surface area contributed by atoms with Gasteiger partial charge in [0.05, 0.1) is 4.88 Å². The van der Waals surface area contributed by atoms with Gasteiger partial charge in [-0.3, -0.25) is 0 Å². The van der Waals surface area contributed by atoms with Crippen LogP contribution in [0.25, 0.3) is 0 Å². The Bertz CT molecular complexity index is 168. The van der Waals surface area contributed by atoms with Crippen LogP contribution in [0.4, 0.5) is 4.39 Å².